The van der Waals surface area contributed by atoms with Gasteiger partial charge in [0.1, 0.15) is 11.9 Å². The number of azo groups is 1. The van der Waals surface area contributed by atoms with Crippen LogP contribution in [0.4, 0.5) is 16.5 Å². The predicted molar refractivity (Wildman–Crippen MR) is 74.9 cm³/mol. The molecule has 0 bridgehead atoms. The number of aryl methyl sites for hydroxylation is 1. The Kier molecular flexibility index (Phi) is 4.41. The van der Waals surface area contributed by atoms with E-state index in [0.29, 0.717) is 0 Å². The minimum atomic E-state index is 0.866. The Morgan fingerprint density at radius 1 is 1.22 bits per heavy atom. The Balaban J connectivity index is 2.02. The van der Waals surface area contributed by atoms with Gasteiger partial charge in [-0.1, -0.05) is 6.92 Å². The highest BCUT2D eigenvalue weighted by molar-refractivity contribution is 7.12. The van der Waals surface area contributed by atoms with E-state index in [9.17, 15) is 0 Å². The summed E-state index contributed by atoms with van der Waals surface area (Å²) in [5.74, 6) is 0. The second-order valence-corrected chi connectivity index (χ2v) is 4.84. The third-order valence-electron chi connectivity index (χ3n) is 2.46. The molecule has 1 aromatic heterocycles. The van der Waals surface area contributed by atoms with E-state index < -0.39 is 0 Å². The molecule has 94 valence electrons. The Morgan fingerprint density at radius 3 is 2.61 bits per heavy atom. The summed E-state index contributed by atoms with van der Waals surface area (Å²) in [7, 11) is 1.96. The zero-order valence-corrected chi connectivity index (χ0v) is 11.4. The van der Waals surface area contributed by atoms with Gasteiger partial charge in [0, 0.05) is 17.6 Å². The van der Waals surface area contributed by atoms with Gasteiger partial charge in [0.05, 0.1) is 12.2 Å². The van der Waals surface area contributed by atoms with Gasteiger partial charge in [-0.3, -0.25) is 0 Å². The average Bonchev–Trinajstić information content (AvgIpc) is 2.81. The van der Waals surface area contributed by atoms with E-state index in [1.54, 1.807) is 11.3 Å². The topological polar surface area (TPSA) is 40.6 Å². The lowest BCUT2D eigenvalue weighted by Gasteiger charge is -2.02. The van der Waals surface area contributed by atoms with E-state index in [4.69, 9.17) is 0 Å². The fraction of sp³-hybridized carbons (Fsp3) is 0.308. The maximum atomic E-state index is 4.22. The number of hydrogen-bond donors (Lipinski definition) is 1. The van der Waals surface area contributed by atoms with Crippen molar-refractivity contribution in [2.45, 2.75) is 13.3 Å². The Morgan fingerprint density at radius 2 is 2.00 bits per heavy atom. The molecule has 1 N–H and O–H groups in total. The van der Waals surface area contributed by atoms with E-state index in [-0.39, 0.29) is 0 Å². The number of nitrogens with zero attached hydrogens (tertiary/aromatic N) is 3. The van der Waals surface area contributed by atoms with Crippen LogP contribution in [0.25, 0.3) is 0 Å². The smallest absolute Gasteiger partial charge is 0.385 e. The van der Waals surface area contributed by atoms with Crippen LogP contribution in [0.2, 0.25) is 0 Å². The first-order chi connectivity index (χ1) is 8.79. The summed E-state index contributed by atoms with van der Waals surface area (Å²) in [5, 5.41) is 14.6. The van der Waals surface area contributed by atoms with Crippen molar-refractivity contribution in [3.8, 4) is 0 Å². The number of hydrogen-bond acceptors (Lipinski definition) is 4. The average molecular weight is 261 g/mol. The van der Waals surface area contributed by atoms with Crippen molar-refractivity contribution in [2.75, 3.05) is 11.9 Å². The fourth-order valence-corrected chi connectivity index (χ4v) is 2.12. The third-order valence-corrected chi connectivity index (χ3v) is 3.30. The molecule has 0 aliphatic heterocycles. The van der Waals surface area contributed by atoms with Crippen LogP contribution < -0.4 is 9.88 Å². The second-order valence-electron chi connectivity index (χ2n) is 3.97. The maximum absolute atomic E-state index is 4.22. The number of aromatic nitrogens is 1. The summed E-state index contributed by atoms with van der Waals surface area (Å²) in [4.78, 5) is 0. The molecule has 0 fully saturated rings. The molecule has 4 nitrogen and oxygen atoms in total. The highest BCUT2D eigenvalue weighted by Crippen LogP contribution is 2.20. The van der Waals surface area contributed by atoms with Crippen LogP contribution in [0.1, 0.15) is 13.3 Å². The van der Waals surface area contributed by atoms with Crippen molar-refractivity contribution in [3.63, 3.8) is 0 Å². The summed E-state index contributed by atoms with van der Waals surface area (Å²) in [6.45, 7) is 3.14. The maximum Gasteiger partial charge on any atom is 0.408 e. The lowest BCUT2D eigenvalue weighted by Crippen LogP contribution is -2.23. The summed E-state index contributed by atoms with van der Waals surface area (Å²) < 4.78 is 1.95. The first kappa shape index (κ1) is 12.7. The van der Waals surface area contributed by atoms with Crippen molar-refractivity contribution >= 4 is 27.8 Å². The van der Waals surface area contributed by atoms with Gasteiger partial charge in [-0.15, -0.1) is 0 Å². The van der Waals surface area contributed by atoms with Crippen molar-refractivity contribution in [3.05, 3.63) is 35.8 Å². The first-order valence-corrected chi connectivity index (χ1v) is 6.86. The molecule has 0 aliphatic rings. The fourth-order valence-electron chi connectivity index (χ4n) is 1.44. The predicted octanol–water partition coefficient (Wildman–Crippen LogP) is 3.81. The van der Waals surface area contributed by atoms with E-state index in [1.165, 1.54) is 0 Å². The molecule has 0 saturated heterocycles. The summed E-state index contributed by atoms with van der Waals surface area (Å²) >= 11 is 1.57. The van der Waals surface area contributed by atoms with Gasteiger partial charge < -0.3 is 5.32 Å². The lowest BCUT2D eigenvalue weighted by atomic mass is 10.3. The number of anilines is 1. The van der Waals surface area contributed by atoms with Gasteiger partial charge in [0.2, 0.25) is 0 Å². The highest BCUT2D eigenvalue weighted by atomic mass is 32.1. The summed E-state index contributed by atoms with van der Waals surface area (Å²) in [6.07, 6.45) is 3.09. The molecule has 0 saturated carbocycles. The number of nitrogens with one attached hydrogen (secondary N) is 1. The van der Waals surface area contributed by atoms with Gasteiger partial charge in [0.25, 0.3) is 0 Å². The van der Waals surface area contributed by atoms with Gasteiger partial charge in [-0.2, -0.15) is 0 Å². The van der Waals surface area contributed by atoms with Crippen molar-refractivity contribution in [2.24, 2.45) is 17.3 Å². The van der Waals surface area contributed by atoms with Crippen molar-refractivity contribution < 1.29 is 4.57 Å². The van der Waals surface area contributed by atoms with Crippen molar-refractivity contribution in [1.29, 1.82) is 0 Å². The molecule has 1 heterocycles. The quantitative estimate of drug-likeness (QED) is 0.645. The summed E-state index contributed by atoms with van der Waals surface area (Å²) in [6, 6.07) is 7.99. The second kappa shape index (κ2) is 6.26. The minimum Gasteiger partial charge on any atom is -0.385 e. The molecule has 0 atom stereocenters. The Hall–Kier alpha value is -1.75. The summed E-state index contributed by atoms with van der Waals surface area (Å²) in [5.41, 5.74) is 1.99. The van der Waals surface area contributed by atoms with Crippen LogP contribution in [0.3, 0.4) is 0 Å². The van der Waals surface area contributed by atoms with Crippen LogP contribution >= 0.6 is 11.3 Å². The molecule has 0 unspecified atom stereocenters. The monoisotopic (exact) mass is 261 g/mol. The van der Waals surface area contributed by atoms with E-state index in [1.807, 2.05) is 47.5 Å². The molecular weight excluding hydrogens is 244 g/mol. The van der Waals surface area contributed by atoms with Gasteiger partial charge >= 0.3 is 5.13 Å². The molecule has 0 aliphatic carbocycles. The lowest BCUT2D eigenvalue weighted by molar-refractivity contribution is -0.654. The zero-order valence-electron chi connectivity index (χ0n) is 10.6. The van der Waals surface area contributed by atoms with Crippen LogP contribution in [0.5, 0.6) is 0 Å². The molecule has 18 heavy (non-hydrogen) atoms. The molecular formula is C13H17N4S+. The normalized spacial score (nSPS) is 11.0. The van der Waals surface area contributed by atoms with E-state index >= 15 is 0 Å². The van der Waals surface area contributed by atoms with Crippen LogP contribution in [-0.2, 0) is 7.05 Å². The SMILES string of the molecule is CCCNc1ccc(N=Nc2scc[n+]2C)cc1. The molecule has 0 radical (unpaired) electrons. The molecule has 2 rings (SSSR count). The molecule has 5 heteroatoms. The van der Waals surface area contributed by atoms with Crippen LogP contribution in [-0.4, -0.2) is 6.54 Å². The van der Waals surface area contributed by atoms with Crippen LogP contribution in [0.15, 0.2) is 46.1 Å². The van der Waals surface area contributed by atoms with Gasteiger partial charge in [0.15, 0.2) is 0 Å². The number of rotatable bonds is 5. The Labute approximate surface area is 111 Å². The first-order valence-electron chi connectivity index (χ1n) is 5.98. The van der Waals surface area contributed by atoms with E-state index in [0.717, 1.165) is 29.5 Å². The molecule has 0 amide bonds. The van der Waals surface area contributed by atoms with Gasteiger partial charge in [-0.05, 0) is 47.1 Å². The number of benzene rings is 1. The molecule has 1 aromatic carbocycles. The third kappa shape index (κ3) is 3.37. The largest absolute Gasteiger partial charge is 0.408 e. The molecule has 2 aromatic rings. The molecule has 0 spiro atoms. The van der Waals surface area contributed by atoms with E-state index in [2.05, 4.69) is 22.5 Å². The van der Waals surface area contributed by atoms with Gasteiger partial charge in [-0.25, -0.2) is 4.57 Å². The minimum absolute atomic E-state index is 0.866. The standard InChI is InChI=1S/C13H16N4S/c1-3-8-14-11-4-6-12(7-5-11)15-16-13-17(2)9-10-18-13/h4-7,9-10H,3,8H2,1-2H3/p+1. The van der Waals surface area contributed by atoms with Crippen LogP contribution in [0, 0.1) is 0 Å². The number of thiazole rings is 1. The van der Waals surface area contributed by atoms with Crippen molar-refractivity contribution in [1.82, 2.24) is 0 Å². The highest BCUT2D eigenvalue weighted by Gasteiger charge is 2.06. The Bertz CT molecular complexity index is 516. The zero-order chi connectivity index (χ0) is 12.8.